The van der Waals surface area contributed by atoms with E-state index in [0.717, 1.165) is 42.2 Å². The molecule has 4 nitrogen and oxygen atoms in total. The number of nitrogens with zero attached hydrogens (tertiary/aromatic N) is 2. The molecule has 126 valence electrons. The number of hydrogen-bond acceptors (Lipinski definition) is 3. The van der Waals surface area contributed by atoms with Gasteiger partial charge in [-0.1, -0.05) is 32.0 Å². The molecule has 0 bridgehead atoms. The van der Waals surface area contributed by atoms with Gasteiger partial charge in [0.1, 0.15) is 12.4 Å². The lowest BCUT2D eigenvalue weighted by Gasteiger charge is -2.19. The molecular weight excluding hydrogens is 300 g/mol. The topological polar surface area (TPSA) is 32.8 Å². The van der Waals surface area contributed by atoms with Gasteiger partial charge in [0.05, 0.1) is 6.54 Å². The van der Waals surface area contributed by atoms with Crippen LogP contribution >= 0.6 is 0 Å². The zero-order valence-corrected chi connectivity index (χ0v) is 14.4. The van der Waals surface area contributed by atoms with Gasteiger partial charge in [0, 0.05) is 17.8 Å². The van der Waals surface area contributed by atoms with Crippen molar-refractivity contribution in [1.29, 1.82) is 0 Å². The smallest absolute Gasteiger partial charge is 0.258 e. The second kappa shape index (κ2) is 7.49. The number of anilines is 1. The number of hydrogen-bond donors (Lipinski definition) is 0. The predicted molar refractivity (Wildman–Crippen MR) is 96.7 cm³/mol. The zero-order valence-electron chi connectivity index (χ0n) is 14.4. The van der Waals surface area contributed by atoms with Crippen molar-refractivity contribution in [2.45, 2.75) is 20.4 Å². The Hall–Kier alpha value is -2.33. The van der Waals surface area contributed by atoms with Gasteiger partial charge in [0.25, 0.3) is 5.91 Å². The van der Waals surface area contributed by atoms with E-state index in [1.54, 1.807) is 0 Å². The molecule has 0 aliphatic carbocycles. The summed E-state index contributed by atoms with van der Waals surface area (Å²) in [6.45, 7) is 8.63. The summed E-state index contributed by atoms with van der Waals surface area (Å²) in [7, 11) is 0. The summed E-state index contributed by atoms with van der Waals surface area (Å²) < 4.78 is 5.80. The van der Waals surface area contributed by atoms with E-state index in [9.17, 15) is 4.79 Å². The zero-order chi connectivity index (χ0) is 16.9. The van der Waals surface area contributed by atoms with Crippen molar-refractivity contribution in [3.63, 3.8) is 0 Å². The van der Waals surface area contributed by atoms with E-state index in [0.29, 0.717) is 13.2 Å². The number of ether oxygens (including phenoxy) is 1. The van der Waals surface area contributed by atoms with Gasteiger partial charge in [0.2, 0.25) is 0 Å². The maximum atomic E-state index is 12.5. The van der Waals surface area contributed by atoms with Gasteiger partial charge in [-0.25, -0.2) is 0 Å². The number of amides is 1. The van der Waals surface area contributed by atoms with Crippen LogP contribution in [0.1, 0.15) is 29.8 Å². The van der Waals surface area contributed by atoms with Crippen molar-refractivity contribution in [2.75, 3.05) is 31.1 Å². The molecule has 1 amide bonds. The summed E-state index contributed by atoms with van der Waals surface area (Å²) in [6.07, 6.45) is 0. The van der Waals surface area contributed by atoms with Crippen LogP contribution in [0, 0.1) is 0 Å². The number of likely N-dealkylation sites (N-methyl/N-ethyl adjacent to an activating group) is 1. The van der Waals surface area contributed by atoms with Crippen LogP contribution in [-0.2, 0) is 6.54 Å². The molecule has 24 heavy (non-hydrogen) atoms. The second-order valence-electron chi connectivity index (χ2n) is 5.92. The molecule has 2 aromatic carbocycles. The first-order valence-electron chi connectivity index (χ1n) is 8.58. The molecule has 0 radical (unpaired) electrons. The number of carbonyl (C=O) groups is 1. The van der Waals surface area contributed by atoms with Gasteiger partial charge in [-0.15, -0.1) is 0 Å². The predicted octanol–water partition coefficient (Wildman–Crippen LogP) is 3.57. The molecule has 1 heterocycles. The third-order valence-corrected chi connectivity index (χ3v) is 4.54. The first kappa shape index (κ1) is 16.5. The van der Waals surface area contributed by atoms with E-state index in [1.807, 2.05) is 53.4 Å². The van der Waals surface area contributed by atoms with Crippen molar-refractivity contribution < 1.29 is 9.53 Å². The summed E-state index contributed by atoms with van der Waals surface area (Å²) in [6, 6.07) is 15.6. The largest absolute Gasteiger partial charge is 0.492 e. The van der Waals surface area contributed by atoms with E-state index in [4.69, 9.17) is 4.74 Å². The average Bonchev–Trinajstić information content (AvgIpc) is 2.96. The molecule has 0 unspecified atom stereocenters. The highest BCUT2D eigenvalue weighted by Gasteiger charge is 2.27. The van der Waals surface area contributed by atoms with Crippen LogP contribution in [0.15, 0.2) is 48.5 Å². The Kier molecular flexibility index (Phi) is 5.16. The minimum atomic E-state index is 0.0702. The lowest BCUT2D eigenvalue weighted by Crippen LogP contribution is -2.27. The van der Waals surface area contributed by atoms with E-state index in [2.05, 4.69) is 18.7 Å². The lowest BCUT2D eigenvalue weighted by atomic mass is 10.1. The highest BCUT2D eigenvalue weighted by atomic mass is 16.5. The fraction of sp³-hybridized carbons (Fsp3) is 0.350. The van der Waals surface area contributed by atoms with Crippen LogP contribution < -0.4 is 9.64 Å². The van der Waals surface area contributed by atoms with Crippen molar-refractivity contribution in [1.82, 2.24) is 4.90 Å². The first-order valence-corrected chi connectivity index (χ1v) is 8.58. The fourth-order valence-electron chi connectivity index (χ4n) is 3.02. The van der Waals surface area contributed by atoms with Crippen LogP contribution in [0.25, 0.3) is 0 Å². The minimum absolute atomic E-state index is 0.0702. The molecule has 0 aromatic heterocycles. The molecule has 0 spiro atoms. The van der Waals surface area contributed by atoms with E-state index < -0.39 is 0 Å². The molecule has 0 atom stereocenters. The Labute approximate surface area is 143 Å². The van der Waals surface area contributed by atoms with Crippen LogP contribution in [-0.4, -0.2) is 37.0 Å². The maximum Gasteiger partial charge on any atom is 0.258 e. The Morgan fingerprint density at radius 1 is 1.04 bits per heavy atom. The van der Waals surface area contributed by atoms with Crippen LogP contribution in [0.4, 0.5) is 5.69 Å². The summed E-state index contributed by atoms with van der Waals surface area (Å²) in [5, 5.41) is 0. The van der Waals surface area contributed by atoms with Gasteiger partial charge in [-0.05, 0) is 49.0 Å². The Balaban J connectivity index is 1.61. The molecule has 0 N–H and O–H groups in total. The average molecular weight is 324 g/mol. The molecule has 1 aliphatic rings. The third-order valence-electron chi connectivity index (χ3n) is 4.54. The Bertz CT molecular complexity index is 693. The van der Waals surface area contributed by atoms with Gasteiger partial charge >= 0.3 is 0 Å². The summed E-state index contributed by atoms with van der Waals surface area (Å²) in [5.41, 5.74) is 2.80. The minimum Gasteiger partial charge on any atom is -0.492 e. The van der Waals surface area contributed by atoms with Gasteiger partial charge in [-0.3, -0.25) is 4.79 Å². The number of rotatable bonds is 7. The van der Waals surface area contributed by atoms with Crippen molar-refractivity contribution in [3.8, 4) is 5.75 Å². The quantitative estimate of drug-likeness (QED) is 0.780. The SMILES string of the molecule is CCN(CC)CCOc1ccc(N2Cc3ccccc3C2=O)cc1. The lowest BCUT2D eigenvalue weighted by molar-refractivity contribution is 0.0996. The normalized spacial score (nSPS) is 13.5. The van der Waals surface area contributed by atoms with Gasteiger partial charge in [0.15, 0.2) is 0 Å². The summed E-state index contributed by atoms with van der Waals surface area (Å²) in [4.78, 5) is 16.6. The number of benzene rings is 2. The van der Waals surface area contributed by atoms with E-state index in [1.165, 1.54) is 0 Å². The molecule has 0 saturated heterocycles. The standard InChI is InChI=1S/C20H24N2O2/c1-3-21(4-2)13-14-24-18-11-9-17(10-12-18)22-15-16-7-5-6-8-19(16)20(22)23/h5-12H,3-4,13-15H2,1-2H3. The van der Waals surface area contributed by atoms with Gasteiger partial charge < -0.3 is 14.5 Å². The van der Waals surface area contributed by atoms with Crippen molar-refractivity contribution in [3.05, 3.63) is 59.7 Å². The van der Waals surface area contributed by atoms with E-state index in [-0.39, 0.29) is 5.91 Å². The van der Waals surface area contributed by atoms with Crippen molar-refractivity contribution >= 4 is 11.6 Å². The molecular formula is C20H24N2O2. The molecule has 2 aromatic rings. The molecule has 0 fully saturated rings. The van der Waals surface area contributed by atoms with E-state index >= 15 is 0 Å². The van der Waals surface area contributed by atoms with Gasteiger partial charge in [-0.2, -0.15) is 0 Å². The van der Waals surface area contributed by atoms with Crippen LogP contribution in [0.5, 0.6) is 5.75 Å². The highest BCUT2D eigenvalue weighted by molar-refractivity contribution is 6.09. The molecule has 3 rings (SSSR count). The molecule has 4 heteroatoms. The molecule has 0 saturated carbocycles. The van der Waals surface area contributed by atoms with Crippen LogP contribution in [0.3, 0.4) is 0 Å². The third kappa shape index (κ3) is 3.44. The fourth-order valence-corrected chi connectivity index (χ4v) is 3.02. The molecule has 1 aliphatic heterocycles. The number of fused-ring (bicyclic) bond motifs is 1. The Morgan fingerprint density at radius 2 is 1.75 bits per heavy atom. The second-order valence-corrected chi connectivity index (χ2v) is 5.92. The summed E-state index contributed by atoms with van der Waals surface area (Å²) in [5.74, 6) is 0.913. The van der Waals surface area contributed by atoms with Crippen molar-refractivity contribution in [2.24, 2.45) is 0 Å². The monoisotopic (exact) mass is 324 g/mol. The number of carbonyl (C=O) groups excluding carboxylic acids is 1. The first-order chi connectivity index (χ1) is 11.7. The van der Waals surface area contributed by atoms with Crippen LogP contribution in [0.2, 0.25) is 0 Å². The Morgan fingerprint density at radius 3 is 2.42 bits per heavy atom. The summed E-state index contributed by atoms with van der Waals surface area (Å²) >= 11 is 0. The maximum absolute atomic E-state index is 12.5. The highest BCUT2D eigenvalue weighted by Crippen LogP contribution is 2.29.